The number of aromatic nitrogens is 28. The first-order chi connectivity index (χ1) is 71.0. The van der Waals surface area contributed by atoms with E-state index >= 15 is 0 Å². The van der Waals surface area contributed by atoms with Gasteiger partial charge in [0.1, 0.15) is 51.3 Å². The van der Waals surface area contributed by atoms with E-state index in [9.17, 15) is 28.8 Å². The highest BCUT2D eigenvalue weighted by Gasteiger charge is 2.25. The minimum Gasteiger partial charge on any atom is -0.451 e. The van der Waals surface area contributed by atoms with Crippen molar-refractivity contribution in [2.24, 2.45) is 48.5 Å². The van der Waals surface area contributed by atoms with Crippen LogP contribution in [0.15, 0.2) is 221 Å². The third-order valence-electron chi connectivity index (χ3n) is 26.4. The molecule has 744 valence electrons. The maximum absolute atomic E-state index is 12.9. The minimum atomic E-state index is -0.0407. The Kier molecular flexibility index (Phi) is 27.9. The van der Waals surface area contributed by atoms with Gasteiger partial charge in [-0.3, -0.25) is 78.9 Å². The van der Waals surface area contributed by atoms with Crippen LogP contribution in [0.25, 0.3) is 198 Å². The number of fused-ring (bicyclic) bond motifs is 18. The first kappa shape index (κ1) is 97.3. The van der Waals surface area contributed by atoms with Crippen molar-refractivity contribution in [2.75, 3.05) is 39.3 Å². The number of H-pyrrole nitrogens is 8. The quantitative estimate of drug-likeness (QED) is 0.0267. The Morgan fingerprint density at radius 3 is 0.986 bits per heavy atom. The van der Waals surface area contributed by atoms with Gasteiger partial charge in [0.15, 0.2) is 6.39 Å². The fourth-order valence-corrected chi connectivity index (χ4v) is 19.1. The number of aromatic amines is 8. The van der Waals surface area contributed by atoms with Gasteiger partial charge in [0.25, 0.3) is 33.4 Å². The number of aryl methyl sites for hydroxylation is 14. The topological polar surface area (TPSA) is 605 Å². The third-order valence-corrected chi connectivity index (χ3v) is 26.4. The summed E-state index contributed by atoms with van der Waals surface area (Å²) in [6, 6.07) is 39.7. The maximum atomic E-state index is 12.9. The van der Waals surface area contributed by atoms with Crippen LogP contribution in [0.3, 0.4) is 0 Å². The summed E-state index contributed by atoms with van der Waals surface area (Å²) in [6.45, 7) is 18.0. The van der Waals surface area contributed by atoms with Gasteiger partial charge in [0.05, 0.1) is 95.4 Å². The summed E-state index contributed by atoms with van der Waals surface area (Å²) in [4.78, 5) is 85.8. The van der Waals surface area contributed by atoms with E-state index in [1.54, 1.807) is 63.1 Å². The van der Waals surface area contributed by atoms with E-state index in [4.69, 9.17) is 43.2 Å². The number of oxazole rings is 2. The molecular formula is C104H110N34O8. The highest BCUT2D eigenvalue weighted by Crippen LogP contribution is 2.37. The molecule has 18 heterocycles. The van der Waals surface area contributed by atoms with E-state index in [0.29, 0.717) is 150 Å². The number of hydrogen-bond acceptors (Lipinski definition) is 26. The number of nitrogens with one attached hydrogen (secondary N) is 8. The van der Waals surface area contributed by atoms with E-state index < -0.39 is 0 Å². The molecule has 0 saturated carbocycles. The van der Waals surface area contributed by atoms with Crippen LogP contribution < -0.4 is 67.8 Å². The van der Waals surface area contributed by atoms with Crippen molar-refractivity contribution in [3.63, 3.8) is 0 Å². The SMILES string of the molecule is Cc1[nH]nc2c1c(=O)n(CCCN)c1ccc(-c3ccn[nH]3)cc21.Cc1[nH]nc2c1c(=O)n(CCCN)c1ccc(-c3ccnn3C)cc21.Cc1[nH]nc2c1c(=O)n(CCCN)c1ccc(-c3cn[nH]c3)cc21.Cc1[nH]nc2c1c(=O)n(CCCN)c1ccc(-c3cnn(C)c3)cc21.Cc1[nH]nc2c1c(=O)n(CCCN)c1ccc(-c3cocn3)cc21.Cc1[nH]nc2c1c(=O)n(CCCN)c1ccc(-c3ncco3)cc21. The second-order valence-corrected chi connectivity index (χ2v) is 35.8. The molecule has 0 saturated heterocycles. The highest BCUT2D eigenvalue weighted by atomic mass is 16.3. The molecule has 24 aromatic rings. The van der Waals surface area contributed by atoms with Crippen molar-refractivity contribution in [1.82, 2.24) is 139 Å². The minimum absolute atomic E-state index is 0.0173. The number of rotatable bonds is 24. The Balaban J connectivity index is 0.000000111. The van der Waals surface area contributed by atoms with Crippen LogP contribution in [-0.2, 0) is 53.4 Å². The summed E-state index contributed by atoms with van der Waals surface area (Å²) in [5.41, 5.74) is 58.3. The standard InChI is InChI=1S/2C18H20N6O.2C17H18N6O.2C17H17N5O2/c1-11-16-17(22-21-11)13-10-12(14-6-8-20-23(14)2)4-5-15(13)24(18(16)25)9-3-7-19;1-11-16-17(22-21-11)14-8-12(13-9-20-23(2)10-13)4-5-15(14)24(18(16)25)7-3-6-19;1-10-15-16(22-20-10)12-9-11(13-5-7-19-21-13)3-4-14(12)23(17(15)24)8-2-6-18;1-10-15-16(22-21-10)13-7-11(12-8-19-20-9-12)3-4-14(13)23(17(15)24)6-2-5-18;1-10-14-15(21-20-10)12-9-11(16-19-6-8-24-16)3-4-13(12)22(17(14)23)7-2-5-18;1-10-15-16(21-20-10)12-7-11(13-8-24-9-19-13)3-4-14(12)22(17(15)23)6-2-5-18/h4-6,8,10H,3,7,9,19H2,1-2H3,(H,21,22);4-5,8-10H,3,6-7,19H2,1-2H3,(H,21,22);3-5,7,9H,2,6,8,18H2,1H3,(H,19,21)(H,20,22);3-4,7-9H,2,5-6,18H2,1H3,(H,19,20)(H,21,22);3-4,6,8-9H,2,5,7,18H2,1H3,(H,20,21);3-4,7-9H,2,5-6,18H2,1H3,(H,20,21). The number of nitrogens with two attached hydrogens (primary N) is 6. The highest BCUT2D eigenvalue weighted by molar-refractivity contribution is 6.11. The molecular weight excluding hydrogens is 1850 g/mol. The molecule has 0 bridgehead atoms. The summed E-state index contributed by atoms with van der Waals surface area (Å²) >= 11 is 0. The van der Waals surface area contributed by atoms with Crippen molar-refractivity contribution in [3.8, 4) is 67.5 Å². The van der Waals surface area contributed by atoms with Crippen LogP contribution in [0.4, 0.5) is 0 Å². The predicted octanol–water partition coefficient (Wildman–Crippen LogP) is 12.1. The molecule has 0 unspecified atom stereocenters. The molecule has 6 aromatic carbocycles. The fourth-order valence-electron chi connectivity index (χ4n) is 19.1. The molecule has 0 spiro atoms. The lowest BCUT2D eigenvalue weighted by molar-refractivity contribution is 0.558. The first-order valence-corrected chi connectivity index (χ1v) is 48.1. The monoisotopic (exact) mass is 1960 g/mol. The third kappa shape index (κ3) is 18.3. The molecule has 0 atom stereocenters. The van der Waals surface area contributed by atoms with Gasteiger partial charge >= 0.3 is 0 Å². The molecule has 146 heavy (non-hydrogen) atoms. The van der Waals surface area contributed by atoms with Crippen molar-refractivity contribution in [1.29, 1.82) is 0 Å². The number of benzene rings is 6. The average molecular weight is 1960 g/mol. The van der Waals surface area contributed by atoms with Gasteiger partial charge in [0.2, 0.25) is 5.89 Å². The fraction of sp³-hybridized carbons (Fsp3) is 0.250. The first-order valence-electron chi connectivity index (χ1n) is 48.1. The maximum Gasteiger partial charge on any atom is 0.262 e. The molecule has 0 radical (unpaired) electrons. The van der Waals surface area contributed by atoms with E-state index in [1.165, 1.54) is 12.7 Å². The molecule has 0 aliphatic heterocycles. The Hall–Kier alpha value is -17.6. The van der Waals surface area contributed by atoms with Crippen LogP contribution in [0.1, 0.15) is 72.7 Å². The Morgan fingerprint density at radius 2 is 0.671 bits per heavy atom. The van der Waals surface area contributed by atoms with Gasteiger partial charge in [-0.15, -0.1) is 0 Å². The summed E-state index contributed by atoms with van der Waals surface area (Å²) in [5, 5.41) is 75.5. The van der Waals surface area contributed by atoms with Crippen molar-refractivity contribution in [3.05, 3.63) is 280 Å². The van der Waals surface area contributed by atoms with Gasteiger partial charge in [-0.05, 0) is 221 Å². The van der Waals surface area contributed by atoms with E-state index in [0.717, 1.165) is 200 Å². The lowest BCUT2D eigenvalue weighted by atomic mass is 10.0. The van der Waals surface area contributed by atoms with Gasteiger partial charge in [0, 0.05) is 178 Å². The van der Waals surface area contributed by atoms with Crippen LogP contribution in [-0.4, -0.2) is 178 Å². The summed E-state index contributed by atoms with van der Waals surface area (Å²) in [6.07, 6.45) is 21.5. The zero-order valence-electron chi connectivity index (χ0n) is 81.7. The molecule has 18 aromatic heterocycles. The van der Waals surface area contributed by atoms with Crippen LogP contribution >= 0.6 is 0 Å². The zero-order valence-corrected chi connectivity index (χ0v) is 81.7. The molecule has 0 amide bonds. The lowest BCUT2D eigenvalue weighted by Crippen LogP contribution is -2.22. The van der Waals surface area contributed by atoms with Gasteiger partial charge < -0.3 is 70.6 Å². The Morgan fingerprint density at radius 1 is 0.329 bits per heavy atom. The van der Waals surface area contributed by atoms with Gasteiger partial charge in [-0.1, -0.05) is 30.3 Å². The Labute approximate surface area is 828 Å². The van der Waals surface area contributed by atoms with Crippen LogP contribution in [0, 0.1) is 41.5 Å². The average Bonchev–Trinajstić information content (AvgIpc) is 1.60. The smallest absolute Gasteiger partial charge is 0.262 e. The molecule has 0 fully saturated rings. The second kappa shape index (κ2) is 41.9. The van der Waals surface area contributed by atoms with E-state index in [2.05, 4.69) is 120 Å². The molecule has 42 nitrogen and oxygen atoms in total. The Bertz CT molecular complexity index is 8630. The van der Waals surface area contributed by atoms with Gasteiger partial charge in [-0.2, -0.15) is 51.0 Å². The van der Waals surface area contributed by atoms with Crippen molar-refractivity contribution < 1.29 is 8.83 Å². The summed E-state index contributed by atoms with van der Waals surface area (Å²) in [5.74, 6) is 0.539. The number of pyridine rings is 6. The molecule has 20 N–H and O–H groups in total. The van der Waals surface area contributed by atoms with E-state index in [-0.39, 0.29) is 33.4 Å². The van der Waals surface area contributed by atoms with Crippen molar-refractivity contribution in [2.45, 2.75) is 119 Å². The van der Waals surface area contributed by atoms with Crippen LogP contribution in [0.5, 0.6) is 0 Å². The summed E-state index contributed by atoms with van der Waals surface area (Å²) < 4.78 is 24.8. The number of nitrogens with zero attached hydrogens (tertiary/aromatic N) is 20. The number of hydrogen-bond donors (Lipinski definition) is 14. The van der Waals surface area contributed by atoms with Gasteiger partial charge in [-0.25, -0.2) is 9.97 Å². The normalized spacial score (nSPS) is 11.6. The predicted molar refractivity (Wildman–Crippen MR) is 568 cm³/mol. The van der Waals surface area contributed by atoms with Crippen molar-refractivity contribution >= 4 is 131 Å². The second-order valence-electron chi connectivity index (χ2n) is 35.8. The zero-order chi connectivity index (χ0) is 102. The molecule has 0 aliphatic rings. The molecule has 24 rings (SSSR count). The molecule has 0 aliphatic carbocycles. The molecule has 42 heteroatoms. The largest absolute Gasteiger partial charge is 0.451 e. The summed E-state index contributed by atoms with van der Waals surface area (Å²) in [7, 11) is 3.81. The van der Waals surface area contributed by atoms with Crippen LogP contribution in [0.2, 0.25) is 0 Å². The van der Waals surface area contributed by atoms with E-state index in [1.807, 2.05) is 182 Å². The lowest BCUT2D eigenvalue weighted by Gasteiger charge is -2.12.